The van der Waals surface area contributed by atoms with E-state index in [4.69, 9.17) is 16.1 Å². The number of benzene rings is 2. The van der Waals surface area contributed by atoms with Crippen LogP contribution in [0, 0.1) is 10.1 Å². The Hall–Kier alpha value is -3.47. The highest BCUT2D eigenvalue weighted by Crippen LogP contribution is 2.24. The second kappa shape index (κ2) is 9.77. The van der Waals surface area contributed by atoms with E-state index in [9.17, 15) is 28.1 Å². The van der Waals surface area contributed by atoms with E-state index >= 15 is 0 Å². The number of alkyl halides is 3. The molecule has 0 N–H and O–H groups in total. The third-order valence-corrected chi connectivity index (χ3v) is 4.65. The third kappa shape index (κ3) is 6.27. The standard InChI is InChI=1S/C20H16ClF3N4O4/c21-15-7-5-13(6-8-15)19-25-17(32-26-19)9-10-18(29)27(12-20(22,23)24)11-14-3-1-2-4-16(14)28(30)31/h1-8H,9-12H2. The van der Waals surface area contributed by atoms with Gasteiger partial charge in [-0.1, -0.05) is 35.0 Å². The smallest absolute Gasteiger partial charge is 0.339 e. The molecule has 0 bridgehead atoms. The number of carbonyl (C=O) groups is 1. The van der Waals surface area contributed by atoms with Crippen molar-refractivity contribution in [2.75, 3.05) is 6.54 Å². The highest BCUT2D eigenvalue weighted by atomic mass is 35.5. The summed E-state index contributed by atoms with van der Waals surface area (Å²) < 4.78 is 44.2. The lowest BCUT2D eigenvalue weighted by Crippen LogP contribution is -2.38. The molecule has 3 aromatic rings. The second-order valence-corrected chi connectivity index (χ2v) is 7.21. The molecule has 0 saturated heterocycles. The van der Waals surface area contributed by atoms with Gasteiger partial charge in [0.1, 0.15) is 6.54 Å². The van der Waals surface area contributed by atoms with E-state index in [-0.39, 0.29) is 35.8 Å². The molecule has 0 aliphatic carbocycles. The molecule has 0 spiro atoms. The number of amides is 1. The molecule has 0 atom stereocenters. The van der Waals surface area contributed by atoms with Gasteiger partial charge in [0.25, 0.3) is 5.69 Å². The molecule has 168 valence electrons. The van der Waals surface area contributed by atoms with Crippen molar-refractivity contribution in [1.29, 1.82) is 0 Å². The normalized spacial score (nSPS) is 11.4. The van der Waals surface area contributed by atoms with Crippen LogP contribution >= 0.6 is 11.6 Å². The molecular weight excluding hydrogens is 453 g/mol. The number of halogens is 4. The fourth-order valence-electron chi connectivity index (χ4n) is 2.92. The summed E-state index contributed by atoms with van der Waals surface area (Å²) in [6.07, 6.45) is -5.12. The molecule has 8 nitrogen and oxygen atoms in total. The van der Waals surface area contributed by atoms with Crippen LogP contribution in [0.4, 0.5) is 18.9 Å². The zero-order chi connectivity index (χ0) is 23.3. The SMILES string of the molecule is O=C(CCc1nc(-c2ccc(Cl)cc2)no1)N(Cc1ccccc1[N+](=O)[O-])CC(F)(F)F. The Morgan fingerprint density at radius 1 is 1.16 bits per heavy atom. The first kappa shape index (κ1) is 23.2. The minimum atomic E-state index is -4.68. The van der Waals surface area contributed by atoms with E-state index in [0.717, 1.165) is 0 Å². The Bertz CT molecular complexity index is 1100. The topological polar surface area (TPSA) is 102 Å². The van der Waals surface area contributed by atoms with Gasteiger partial charge in [0, 0.05) is 35.1 Å². The molecular formula is C20H16ClF3N4O4. The van der Waals surface area contributed by atoms with E-state index in [1.54, 1.807) is 24.3 Å². The van der Waals surface area contributed by atoms with Crippen LogP contribution in [0.2, 0.25) is 5.02 Å². The van der Waals surface area contributed by atoms with Crippen molar-refractivity contribution >= 4 is 23.2 Å². The van der Waals surface area contributed by atoms with Gasteiger partial charge < -0.3 is 9.42 Å². The molecule has 1 aromatic heterocycles. The number of nitrogens with zero attached hydrogens (tertiary/aromatic N) is 4. The minimum absolute atomic E-state index is 0.00193. The summed E-state index contributed by atoms with van der Waals surface area (Å²) in [4.78, 5) is 27.7. The first-order valence-electron chi connectivity index (χ1n) is 9.28. The predicted molar refractivity (Wildman–Crippen MR) is 108 cm³/mol. The highest BCUT2D eigenvalue weighted by molar-refractivity contribution is 6.30. The van der Waals surface area contributed by atoms with E-state index in [1.165, 1.54) is 24.3 Å². The van der Waals surface area contributed by atoms with Crippen LogP contribution in [0.15, 0.2) is 53.1 Å². The summed E-state index contributed by atoms with van der Waals surface area (Å²) in [5, 5.41) is 15.5. The Kier molecular flexibility index (Phi) is 7.08. The highest BCUT2D eigenvalue weighted by Gasteiger charge is 2.34. The number of nitro groups is 1. The van der Waals surface area contributed by atoms with Crippen molar-refractivity contribution in [2.24, 2.45) is 0 Å². The zero-order valence-corrected chi connectivity index (χ0v) is 17.1. The van der Waals surface area contributed by atoms with Crippen LogP contribution in [0.25, 0.3) is 11.4 Å². The molecule has 3 rings (SSSR count). The molecule has 0 fully saturated rings. The van der Waals surface area contributed by atoms with E-state index in [0.29, 0.717) is 15.5 Å². The summed E-state index contributed by atoms with van der Waals surface area (Å²) in [6.45, 7) is -2.10. The number of para-hydroxylation sites is 1. The number of hydrogen-bond acceptors (Lipinski definition) is 6. The third-order valence-electron chi connectivity index (χ3n) is 4.40. The molecule has 2 aromatic carbocycles. The van der Waals surface area contributed by atoms with Gasteiger partial charge in [-0.15, -0.1) is 0 Å². The summed E-state index contributed by atoms with van der Waals surface area (Å²) in [5.74, 6) is -0.538. The monoisotopic (exact) mass is 468 g/mol. The number of aryl methyl sites for hydroxylation is 1. The van der Waals surface area contributed by atoms with Gasteiger partial charge >= 0.3 is 6.18 Å². The number of carbonyl (C=O) groups excluding carboxylic acids is 1. The van der Waals surface area contributed by atoms with Crippen molar-refractivity contribution in [1.82, 2.24) is 15.0 Å². The van der Waals surface area contributed by atoms with E-state index < -0.39 is 30.1 Å². The maximum absolute atomic E-state index is 13.0. The van der Waals surface area contributed by atoms with E-state index in [1.807, 2.05) is 0 Å². The van der Waals surface area contributed by atoms with Crippen molar-refractivity contribution in [3.8, 4) is 11.4 Å². The largest absolute Gasteiger partial charge is 0.406 e. The zero-order valence-electron chi connectivity index (χ0n) is 16.4. The quantitative estimate of drug-likeness (QED) is 0.347. The molecule has 0 aliphatic heterocycles. The summed E-state index contributed by atoms with van der Waals surface area (Å²) in [6, 6.07) is 11.9. The van der Waals surface area contributed by atoms with Gasteiger partial charge in [-0.25, -0.2) is 0 Å². The molecule has 0 radical (unpaired) electrons. The molecule has 1 amide bonds. The molecule has 32 heavy (non-hydrogen) atoms. The minimum Gasteiger partial charge on any atom is -0.339 e. The van der Waals surface area contributed by atoms with Crippen LogP contribution < -0.4 is 0 Å². The van der Waals surface area contributed by atoms with Gasteiger partial charge in [-0.3, -0.25) is 14.9 Å². The fraction of sp³-hybridized carbons (Fsp3) is 0.250. The Morgan fingerprint density at radius 2 is 1.84 bits per heavy atom. The second-order valence-electron chi connectivity index (χ2n) is 6.77. The van der Waals surface area contributed by atoms with Crippen LogP contribution in [-0.2, 0) is 17.8 Å². The average Bonchev–Trinajstić information content (AvgIpc) is 3.20. The summed E-state index contributed by atoms with van der Waals surface area (Å²) in [7, 11) is 0. The lowest BCUT2D eigenvalue weighted by Gasteiger charge is -2.24. The molecule has 12 heteroatoms. The predicted octanol–water partition coefficient (Wildman–Crippen LogP) is 4.82. The van der Waals surface area contributed by atoms with Crippen molar-refractivity contribution in [3.05, 3.63) is 75.1 Å². The lowest BCUT2D eigenvalue weighted by atomic mass is 10.1. The van der Waals surface area contributed by atoms with Gasteiger partial charge in [-0.2, -0.15) is 18.2 Å². The lowest BCUT2D eigenvalue weighted by molar-refractivity contribution is -0.385. The fourth-order valence-corrected chi connectivity index (χ4v) is 3.05. The van der Waals surface area contributed by atoms with Crippen molar-refractivity contribution in [3.63, 3.8) is 0 Å². The Labute approximate surface area is 184 Å². The first-order chi connectivity index (χ1) is 15.1. The number of nitro benzene ring substituents is 1. The van der Waals surface area contributed by atoms with Crippen LogP contribution in [0.3, 0.4) is 0 Å². The average molecular weight is 469 g/mol. The van der Waals surface area contributed by atoms with Gasteiger partial charge in [0.05, 0.1) is 11.5 Å². The molecule has 1 heterocycles. The first-order valence-corrected chi connectivity index (χ1v) is 9.65. The molecule has 0 saturated carbocycles. The Morgan fingerprint density at radius 3 is 2.50 bits per heavy atom. The number of aromatic nitrogens is 2. The van der Waals surface area contributed by atoms with E-state index in [2.05, 4.69) is 10.1 Å². The maximum Gasteiger partial charge on any atom is 0.406 e. The molecule has 0 unspecified atom stereocenters. The van der Waals surface area contributed by atoms with Crippen LogP contribution in [-0.4, -0.2) is 38.6 Å². The van der Waals surface area contributed by atoms with Crippen molar-refractivity contribution < 1.29 is 27.4 Å². The molecule has 0 aliphatic rings. The summed E-state index contributed by atoms with van der Waals surface area (Å²) in [5.41, 5.74) is 0.251. The van der Waals surface area contributed by atoms with Crippen LogP contribution in [0.1, 0.15) is 17.9 Å². The Balaban J connectivity index is 1.71. The maximum atomic E-state index is 13.0. The van der Waals surface area contributed by atoms with Gasteiger partial charge in [-0.05, 0) is 24.3 Å². The van der Waals surface area contributed by atoms with Crippen molar-refractivity contribution in [2.45, 2.75) is 25.6 Å². The number of hydrogen-bond donors (Lipinski definition) is 0. The number of rotatable bonds is 8. The van der Waals surface area contributed by atoms with Gasteiger partial charge in [0.15, 0.2) is 0 Å². The summed E-state index contributed by atoms with van der Waals surface area (Å²) >= 11 is 5.83. The van der Waals surface area contributed by atoms with Crippen LogP contribution in [0.5, 0.6) is 0 Å². The van der Waals surface area contributed by atoms with Gasteiger partial charge in [0.2, 0.25) is 17.6 Å².